The van der Waals surface area contributed by atoms with Crippen LogP contribution < -0.4 is 15.4 Å². The molecule has 146 valence electrons. The SMILES string of the molecule is COC1(C(=O)NCc2ccc(OC3CCCCC3)cc2)CCNCC1.Cl. The van der Waals surface area contributed by atoms with Crippen molar-refractivity contribution in [3.63, 3.8) is 0 Å². The van der Waals surface area contributed by atoms with Crippen molar-refractivity contribution in [1.82, 2.24) is 10.6 Å². The number of amides is 1. The van der Waals surface area contributed by atoms with Gasteiger partial charge in [0.2, 0.25) is 0 Å². The Bertz CT molecular complexity index is 553. The number of halogens is 1. The number of hydrogen-bond acceptors (Lipinski definition) is 4. The summed E-state index contributed by atoms with van der Waals surface area (Å²) in [6, 6.07) is 8.07. The molecule has 1 aromatic rings. The number of ether oxygens (including phenoxy) is 2. The van der Waals surface area contributed by atoms with Crippen LogP contribution in [0.5, 0.6) is 5.75 Å². The molecule has 5 nitrogen and oxygen atoms in total. The van der Waals surface area contributed by atoms with Crippen LogP contribution in [0.1, 0.15) is 50.5 Å². The quantitative estimate of drug-likeness (QED) is 0.793. The van der Waals surface area contributed by atoms with E-state index in [9.17, 15) is 4.79 Å². The highest BCUT2D eigenvalue weighted by atomic mass is 35.5. The molecule has 1 heterocycles. The van der Waals surface area contributed by atoms with Gasteiger partial charge in [-0.05, 0) is 69.3 Å². The van der Waals surface area contributed by atoms with Gasteiger partial charge in [-0.2, -0.15) is 0 Å². The normalized spacial score (nSPS) is 20.0. The van der Waals surface area contributed by atoms with Crippen LogP contribution in [0, 0.1) is 0 Å². The number of methoxy groups -OCH3 is 1. The summed E-state index contributed by atoms with van der Waals surface area (Å²) in [5.74, 6) is 0.910. The maximum atomic E-state index is 12.6. The molecule has 0 radical (unpaired) electrons. The van der Waals surface area contributed by atoms with Gasteiger partial charge in [0.1, 0.15) is 11.4 Å². The van der Waals surface area contributed by atoms with E-state index in [1.54, 1.807) is 7.11 Å². The van der Waals surface area contributed by atoms with Gasteiger partial charge in [-0.25, -0.2) is 0 Å². The molecule has 0 unspecified atom stereocenters. The Hall–Kier alpha value is -1.30. The Balaban J connectivity index is 0.00000243. The summed E-state index contributed by atoms with van der Waals surface area (Å²) in [5.41, 5.74) is 0.388. The third-order valence-corrected chi connectivity index (χ3v) is 5.45. The summed E-state index contributed by atoms with van der Waals surface area (Å²) < 4.78 is 11.6. The topological polar surface area (TPSA) is 59.6 Å². The van der Waals surface area contributed by atoms with Crippen LogP contribution in [0.25, 0.3) is 0 Å². The number of hydrogen-bond donors (Lipinski definition) is 2. The molecule has 0 aromatic heterocycles. The van der Waals surface area contributed by atoms with Crippen molar-refractivity contribution in [2.45, 2.75) is 63.2 Å². The van der Waals surface area contributed by atoms with Crippen LogP contribution in [0.15, 0.2) is 24.3 Å². The first-order valence-corrected chi connectivity index (χ1v) is 9.52. The second-order valence-corrected chi connectivity index (χ2v) is 7.15. The lowest BCUT2D eigenvalue weighted by molar-refractivity contribution is -0.146. The number of rotatable bonds is 6. The fourth-order valence-electron chi connectivity index (χ4n) is 3.76. The highest BCUT2D eigenvalue weighted by Crippen LogP contribution is 2.24. The van der Waals surface area contributed by atoms with Gasteiger partial charge in [0.15, 0.2) is 0 Å². The van der Waals surface area contributed by atoms with Gasteiger partial charge in [0, 0.05) is 13.7 Å². The summed E-state index contributed by atoms with van der Waals surface area (Å²) in [6.07, 6.45) is 7.97. The first-order valence-electron chi connectivity index (χ1n) is 9.52. The van der Waals surface area contributed by atoms with E-state index in [-0.39, 0.29) is 18.3 Å². The Morgan fingerprint density at radius 1 is 1.15 bits per heavy atom. The zero-order valence-electron chi connectivity index (χ0n) is 15.6. The minimum atomic E-state index is -0.685. The number of nitrogens with one attached hydrogen (secondary N) is 2. The molecule has 0 bridgehead atoms. The van der Waals surface area contributed by atoms with Gasteiger partial charge in [-0.1, -0.05) is 18.6 Å². The van der Waals surface area contributed by atoms with Gasteiger partial charge >= 0.3 is 0 Å². The molecule has 1 amide bonds. The molecule has 1 saturated carbocycles. The third kappa shape index (κ3) is 5.35. The molecule has 0 spiro atoms. The van der Waals surface area contributed by atoms with Gasteiger partial charge in [-0.15, -0.1) is 12.4 Å². The minimum Gasteiger partial charge on any atom is -0.490 e. The van der Waals surface area contributed by atoms with E-state index < -0.39 is 5.60 Å². The maximum Gasteiger partial charge on any atom is 0.252 e. The van der Waals surface area contributed by atoms with Crippen LogP contribution in [0.3, 0.4) is 0 Å². The molecule has 1 aliphatic heterocycles. The van der Waals surface area contributed by atoms with Crippen LogP contribution >= 0.6 is 12.4 Å². The number of carbonyl (C=O) groups is 1. The van der Waals surface area contributed by atoms with Gasteiger partial charge in [0.25, 0.3) is 5.91 Å². The van der Waals surface area contributed by atoms with Crippen LogP contribution in [0.2, 0.25) is 0 Å². The van der Waals surface area contributed by atoms with Crippen molar-refractivity contribution in [1.29, 1.82) is 0 Å². The zero-order chi connectivity index (χ0) is 17.5. The smallest absolute Gasteiger partial charge is 0.252 e. The molecule has 2 fully saturated rings. The maximum absolute atomic E-state index is 12.6. The molecular formula is C20H31ClN2O3. The molecule has 26 heavy (non-hydrogen) atoms. The lowest BCUT2D eigenvalue weighted by Gasteiger charge is -2.34. The molecule has 0 atom stereocenters. The molecule has 2 N–H and O–H groups in total. The fourth-order valence-corrected chi connectivity index (χ4v) is 3.76. The predicted molar refractivity (Wildman–Crippen MR) is 105 cm³/mol. The first-order chi connectivity index (χ1) is 12.2. The van der Waals surface area contributed by atoms with Gasteiger partial charge in [0.05, 0.1) is 6.10 Å². The largest absolute Gasteiger partial charge is 0.490 e. The van der Waals surface area contributed by atoms with Crippen LogP contribution in [-0.4, -0.2) is 37.8 Å². The highest BCUT2D eigenvalue weighted by molar-refractivity contribution is 5.85. The monoisotopic (exact) mass is 382 g/mol. The average molecular weight is 383 g/mol. The van der Waals surface area contributed by atoms with E-state index in [4.69, 9.17) is 9.47 Å². The molecule has 3 rings (SSSR count). The predicted octanol–water partition coefficient (Wildman–Crippen LogP) is 3.20. The third-order valence-electron chi connectivity index (χ3n) is 5.45. The Morgan fingerprint density at radius 3 is 2.42 bits per heavy atom. The minimum absolute atomic E-state index is 0. The molecule has 1 aliphatic carbocycles. The van der Waals surface area contributed by atoms with Crippen molar-refractivity contribution < 1.29 is 14.3 Å². The Kier molecular flexibility index (Phi) is 8.19. The van der Waals surface area contributed by atoms with Crippen LogP contribution in [0.4, 0.5) is 0 Å². The molecule has 1 saturated heterocycles. The molecule has 1 aromatic carbocycles. The van der Waals surface area contributed by atoms with E-state index in [1.807, 2.05) is 24.3 Å². The van der Waals surface area contributed by atoms with Crippen molar-refractivity contribution >= 4 is 18.3 Å². The number of piperidine rings is 1. The summed E-state index contributed by atoms with van der Waals surface area (Å²) in [7, 11) is 1.63. The van der Waals surface area contributed by atoms with Crippen molar-refractivity contribution in [3.8, 4) is 5.75 Å². The second-order valence-electron chi connectivity index (χ2n) is 7.15. The molecule has 6 heteroatoms. The van der Waals surface area contributed by atoms with E-state index in [2.05, 4.69) is 10.6 Å². The summed E-state index contributed by atoms with van der Waals surface area (Å²) >= 11 is 0. The van der Waals surface area contributed by atoms with Crippen molar-refractivity contribution in [3.05, 3.63) is 29.8 Å². The summed E-state index contributed by atoms with van der Waals surface area (Å²) in [4.78, 5) is 12.6. The average Bonchev–Trinajstić information content (AvgIpc) is 2.68. The van der Waals surface area contributed by atoms with E-state index in [1.165, 1.54) is 19.3 Å². The van der Waals surface area contributed by atoms with E-state index in [0.29, 0.717) is 25.5 Å². The summed E-state index contributed by atoms with van der Waals surface area (Å²) in [6.45, 7) is 2.14. The standard InChI is InChI=1S/C20H30N2O3.ClH/c1-24-20(11-13-21-14-12-20)19(23)22-15-16-7-9-18(10-8-16)25-17-5-3-2-4-6-17;/h7-10,17,21H,2-6,11-15H2,1H3,(H,22,23);1H. The number of benzene rings is 1. The first kappa shape index (κ1) is 21.0. The lowest BCUT2D eigenvalue weighted by Crippen LogP contribution is -2.53. The van der Waals surface area contributed by atoms with Crippen LogP contribution in [-0.2, 0) is 16.1 Å². The second kappa shape index (κ2) is 10.1. The van der Waals surface area contributed by atoms with Gasteiger partial charge in [-0.3, -0.25) is 4.79 Å². The van der Waals surface area contributed by atoms with E-state index in [0.717, 1.165) is 37.2 Å². The highest BCUT2D eigenvalue weighted by Gasteiger charge is 2.39. The zero-order valence-corrected chi connectivity index (χ0v) is 16.4. The van der Waals surface area contributed by atoms with Crippen molar-refractivity contribution in [2.24, 2.45) is 0 Å². The molecular weight excluding hydrogens is 352 g/mol. The number of carbonyl (C=O) groups excluding carboxylic acids is 1. The Labute approximate surface area is 162 Å². The van der Waals surface area contributed by atoms with E-state index >= 15 is 0 Å². The van der Waals surface area contributed by atoms with Gasteiger partial charge < -0.3 is 20.1 Å². The summed E-state index contributed by atoms with van der Waals surface area (Å²) in [5, 5.41) is 6.30. The molecule has 2 aliphatic rings. The lowest BCUT2D eigenvalue weighted by atomic mass is 9.91. The fraction of sp³-hybridized carbons (Fsp3) is 0.650. The van der Waals surface area contributed by atoms with Crippen molar-refractivity contribution in [2.75, 3.05) is 20.2 Å². The Morgan fingerprint density at radius 2 is 1.81 bits per heavy atom.